The molecule has 3 rings (SSSR count). The molecule has 0 aliphatic carbocycles. The van der Waals surface area contributed by atoms with Crippen molar-refractivity contribution >= 4 is 28.4 Å². The number of benzene rings is 1. The lowest BCUT2D eigenvalue weighted by molar-refractivity contribution is 0.932. The van der Waals surface area contributed by atoms with Crippen LogP contribution >= 0.6 is 11.3 Å². The highest BCUT2D eigenvalue weighted by atomic mass is 32.1. The second-order valence-electron chi connectivity index (χ2n) is 3.66. The summed E-state index contributed by atoms with van der Waals surface area (Å²) in [5.74, 6) is 0. The van der Waals surface area contributed by atoms with Crippen LogP contribution in [0.1, 0.15) is 5.56 Å². The van der Waals surface area contributed by atoms with Gasteiger partial charge in [0.25, 0.3) is 5.56 Å². The fourth-order valence-electron chi connectivity index (χ4n) is 1.60. The largest absolute Gasteiger partial charge is 0.291 e. The van der Waals surface area contributed by atoms with Gasteiger partial charge in [0.1, 0.15) is 6.33 Å². The number of fused-ring (bicyclic) bond motifs is 1. The Kier molecular flexibility index (Phi) is 2.74. The smallest absolute Gasteiger partial charge is 0.266 e. The molecule has 2 heterocycles. The Balaban J connectivity index is 1.97. The van der Waals surface area contributed by atoms with Crippen molar-refractivity contribution in [2.75, 3.05) is 0 Å². The van der Waals surface area contributed by atoms with Gasteiger partial charge in [0, 0.05) is 0 Å². The van der Waals surface area contributed by atoms with E-state index >= 15 is 0 Å². The van der Waals surface area contributed by atoms with E-state index in [0.29, 0.717) is 9.49 Å². The lowest BCUT2D eigenvalue weighted by atomic mass is 10.2. The molecule has 1 aromatic carbocycles. The Bertz CT molecular complexity index is 802. The van der Waals surface area contributed by atoms with Gasteiger partial charge in [-0.1, -0.05) is 53.8 Å². The highest BCUT2D eigenvalue weighted by Crippen LogP contribution is 2.01. The van der Waals surface area contributed by atoms with Crippen LogP contribution in [0.2, 0.25) is 0 Å². The molecule has 5 heteroatoms. The average Bonchev–Trinajstić information content (AvgIpc) is 2.96. The number of thiazole rings is 1. The van der Waals surface area contributed by atoms with Crippen molar-refractivity contribution in [3.8, 4) is 0 Å². The zero-order valence-electron chi connectivity index (χ0n) is 9.35. The van der Waals surface area contributed by atoms with Crippen molar-refractivity contribution in [2.45, 2.75) is 0 Å². The summed E-state index contributed by atoms with van der Waals surface area (Å²) in [6.07, 6.45) is 6.99. The molecular weight excluding hydrogens is 246 g/mol. The van der Waals surface area contributed by atoms with Crippen molar-refractivity contribution in [3.05, 3.63) is 63.2 Å². The monoisotopic (exact) mass is 255 g/mol. The first-order valence-corrected chi connectivity index (χ1v) is 6.22. The Morgan fingerprint density at radius 1 is 1.22 bits per heavy atom. The lowest BCUT2D eigenvalue weighted by Crippen LogP contribution is -2.23. The molecule has 0 fully saturated rings. The summed E-state index contributed by atoms with van der Waals surface area (Å²) in [6, 6.07) is 9.93. The van der Waals surface area contributed by atoms with Crippen LogP contribution in [-0.4, -0.2) is 14.6 Å². The van der Waals surface area contributed by atoms with Crippen molar-refractivity contribution in [3.63, 3.8) is 0 Å². The minimum atomic E-state index is -0.120. The van der Waals surface area contributed by atoms with Crippen molar-refractivity contribution < 1.29 is 0 Å². The molecule has 0 spiro atoms. The van der Waals surface area contributed by atoms with E-state index in [4.69, 9.17) is 0 Å². The first-order valence-electron chi connectivity index (χ1n) is 5.40. The summed E-state index contributed by atoms with van der Waals surface area (Å²) >= 11 is 1.34. The molecule has 0 radical (unpaired) electrons. The van der Waals surface area contributed by atoms with Gasteiger partial charge >= 0.3 is 0 Å². The fourth-order valence-corrected chi connectivity index (χ4v) is 2.44. The highest BCUT2D eigenvalue weighted by molar-refractivity contribution is 7.15. The first-order chi connectivity index (χ1) is 8.84. The summed E-state index contributed by atoms with van der Waals surface area (Å²) in [5.41, 5.74) is 0.978. The van der Waals surface area contributed by atoms with Crippen molar-refractivity contribution in [2.24, 2.45) is 0 Å². The van der Waals surface area contributed by atoms with Crippen LogP contribution in [0.5, 0.6) is 0 Å². The van der Waals surface area contributed by atoms with E-state index in [1.165, 1.54) is 22.2 Å². The standard InChI is InChI=1S/C13H9N3OS/c17-12-11(18-13-14-9-15-16(12)13)8-4-7-10-5-2-1-3-6-10/h1-9H/b7-4+,11-8+. The van der Waals surface area contributed by atoms with Gasteiger partial charge in [0.15, 0.2) is 0 Å². The molecule has 0 saturated carbocycles. The van der Waals surface area contributed by atoms with Gasteiger partial charge in [-0.2, -0.15) is 9.61 Å². The molecule has 2 aromatic heterocycles. The average molecular weight is 255 g/mol. The fraction of sp³-hybridized carbons (Fsp3) is 0. The Hall–Kier alpha value is -2.27. The van der Waals surface area contributed by atoms with E-state index in [0.717, 1.165) is 5.56 Å². The van der Waals surface area contributed by atoms with Gasteiger partial charge in [0.2, 0.25) is 4.96 Å². The predicted octanol–water partition coefficient (Wildman–Crippen LogP) is 1.36. The number of hydrogen-bond acceptors (Lipinski definition) is 4. The van der Waals surface area contributed by atoms with E-state index in [1.807, 2.05) is 42.5 Å². The van der Waals surface area contributed by atoms with Gasteiger partial charge < -0.3 is 0 Å². The van der Waals surface area contributed by atoms with Crippen LogP contribution in [0.4, 0.5) is 0 Å². The minimum absolute atomic E-state index is 0.120. The third kappa shape index (κ3) is 1.96. The molecule has 18 heavy (non-hydrogen) atoms. The van der Waals surface area contributed by atoms with E-state index in [-0.39, 0.29) is 5.56 Å². The van der Waals surface area contributed by atoms with E-state index in [9.17, 15) is 4.79 Å². The molecule has 0 saturated heterocycles. The normalized spacial score (nSPS) is 12.8. The summed E-state index contributed by atoms with van der Waals surface area (Å²) in [7, 11) is 0. The Morgan fingerprint density at radius 3 is 2.83 bits per heavy atom. The Labute approximate surface area is 107 Å². The second-order valence-corrected chi connectivity index (χ2v) is 4.67. The molecular formula is C13H9N3OS. The Morgan fingerprint density at radius 2 is 2.06 bits per heavy atom. The summed E-state index contributed by atoms with van der Waals surface area (Å²) in [4.78, 5) is 16.5. The predicted molar refractivity (Wildman–Crippen MR) is 72.3 cm³/mol. The molecule has 0 amide bonds. The maximum absolute atomic E-state index is 11.8. The van der Waals surface area contributed by atoms with Gasteiger partial charge in [-0.25, -0.2) is 4.98 Å². The molecule has 0 N–H and O–H groups in total. The molecule has 0 unspecified atom stereocenters. The van der Waals surface area contributed by atoms with Crippen LogP contribution in [0.15, 0.2) is 47.5 Å². The van der Waals surface area contributed by atoms with Gasteiger partial charge in [-0.05, 0) is 11.6 Å². The number of nitrogens with zero attached hydrogens (tertiary/aromatic N) is 3. The highest BCUT2D eigenvalue weighted by Gasteiger charge is 2.03. The van der Waals surface area contributed by atoms with Gasteiger partial charge in [0.05, 0.1) is 4.53 Å². The van der Waals surface area contributed by atoms with E-state index in [2.05, 4.69) is 10.1 Å². The van der Waals surface area contributed by atoms with E-state index in [1.54, 1.807) is 6.08 Å². The van der Waals surface area contributed by atoms with Gasteiger partial charge in [-0.15, -0.1) is 0 Å². The zero-order valence-corrected chi connectivity index (χ0v) is 10.2. The molecule has 0 atom stereocenters. The topological polar surface area (TPSA) is 47.3 Å². The maximum atomic E-state index is 11.8. The van der Waals surface area contributed by atoms with Crippen LogP contribution in [-0.2, 0) is 0 Å². The van der Waals surface area contributed by atoms with Crippen molar-refractivity contribution in [1.29, 1.82) is 0 Å². The number of rotatable bonds is 2. The van der Waals surface area contributed by atoms with E-state index < -0.39 is 0 Å². The van der Waals surface area contributed by atoms with Crippen LogP contribution in [0.3, 0.4) is 0 Å². The lowest BCUT2D eigenvalue weighted by Gasteiger charge is -1.87. The SMILES string of the molecule is O=c1/c(=C\C=C\c2ccccc2)sc2ncnn12. The zero-order chi connectivity index (χ0) is 12.4. The first kappa shape index (κ1) is 10.9. The molecule has 4 nitrogen and oxygen atoms in total. The quantitative estimate of drug-likeness (QED) is 0.694. The second kappa shape index (κ2) is 4.54. The summed E-state index contributed by atoms with van der Waals surface area (Å²) < 4.78 is 1.95. The summed E-state index contributed by atoms with van der Waals surface area (Å²) in [6.45, 7) is 0. The third-order valence-electron chi connectivity index (χ3n) is 2.46. The van der Waals surface area contributed by atoms with Crippen LogP contribution in [0.25, 0.3) is 17.1 Å². The number of aromatic nitrogens is 3. The molecule has 0 aliphatic rings. The maximum Gasteiger partial charge on any atom is 0.291 e. The molecule has 0 aliphatic heterocycles. The molecule has 88 valence electrons. The van der Waals surface area contributed by atoms with Gasteiger partial charge in [-0.3, -0.25) is 4.79 Å². The third-order valence-corrected chi connectivity index (χ3v) is 3.45. The summed E-state index contributed by atoms with van der Waals surface area (Å²) in [5, 5.41) is 3.86. The molecule has 3 aromatic rings. The van der Waals surface area contributed by atoms with Crippen LogP contribution in [0, 0.1) is 0 Å². The van der Waals surface area contributed by atoms with Crippen LogP contribution < -0.4 is 10.1 Å². The minimum Gasteiger partial charge on any atom is -0.266 e. The number of hydrogen-bond donors (Lipinski definition) is 0. The number of allylic oxidation sites excluding steroid dienone is 1. The molecule has 0 bridgehead atoms. The van der Waals surface area contributed by atoms with Crippen molar-refractivity contribution in [1.82, 2.24) is 14.6 Å².